The van der Waals surface area contributed by atoms with Gasteiger partial charge in [0.05, 0.1) is 22.8 Å². The molecule has 9 heteroatoms. The summed E-state index contributed by atoms with van der Waals surface area (Å²) >= 11 is 0. The smallest absolute Gasteiger partial charge is 0.331 e. The summed E-state index contributed by atoms with van der Waals surface area (Å²) in [5.41, 5.74) is 3.12. The topological polar surface area (TPSA) is 96.2 Å². The van der Waals surface area contributed by atoms with Crippen LogP contribution in [0.4, 0.5) is 16.4 Å². The maximum Gasteiger partial charge on any atom is 0.331 e. The van der Waals surface area contributed by atoms with Gasteiger partial charge in [0, 0.05) is 12.7 Å². The molecule has 1 atom stereocenters. The van der Waals surface area contributed by atoms with E-state index in [1.807, 2.05) is 35.8 Å². The molecule has 9 nitrogen and oxygen atoms in total. The maximum atomic E-state index is 12.5. The SMILES string of the molecule is CCN1CC(=O)N(c2ccc3c(c2)ncn3-c2ccnc(N[C@@H](C)c3ccccc3)n2)C1=O. The van der Waals surface area contributed by atoms with Gasteiger partial charge in [-0.15, -0.1) is 0 Å². The van der Waals surface area contributed by atoms with Gasteiger partial charge in [-0.3, -0.25) is 9.36 Å². The van der Waals surface area contributed by atoms with Crippen LogP contribution < -0.4 is 10.2 Å². The fraction of sp³-hybridized carbons (Fsp3) is 0.208. The summed E-state index contributed by atoms with van der Waals surface area (Å²) in [6.07, 6.45) is 3.37. The number of imide groups is 1. The van der Waals surface area contributed by atoms with Crippen molar-refractivity contribution >= 4 is 34.6 Å². The van der Waals surface area contributed by atoms with Crippen molar-refractivity contribution in [1.29, 1.82) is 0 Å². The Morgan fingerprint density at radius 1 is 1.06 bits per heavy atom. The molecule has 0 saturated carbocycles. The number of rotatable bonds is 6. The van der Waals surface area contributed by atoms with Crippen LogP contribution in [0.5, 0.6) is 0 Å². The Hall–Kier alpha value is -4.27. The molecule has 166 valence electrons. The first kappa shape index (κ1) is 20.6. The number of amides is 3. The monoisotopic (exact) mass is 441 g/mol. The predicted octanol–water partition coefficient (Wildman–Crippen LogP) is 3.78. The lowest BCUT2D eigenvalue weighted by Gasteiger charge is -2.16. The van der Waals surface area contributed by atoms with Crippen molar-refractivity contribution < 1.29 is 9.59 Å². The lowest BCUT2D eigenvalue weighted by molar-refractivity contribution is -0.116. The lowest BCUT2D eigenvalue weighted by Crippen LogP contribution is -2.32. The van der Waals surface area contributed by atoms with Gasteiger partial charge in [0.1, 0.15) is 18.7 Å². The molecule has 0 aliphatic carbocycles. The van der Waals surface area contributed by atoms with Crippen molar-refractivity contribution in [3.63, 3.8) is 0 Å². The number of likely N-dealkylation sites (N-methyl/N-ethyl adjacent to an activating group) is 1. The average molecular weight is 441 g/mol. The molecular weight excluding hydrogens is 418 g/mol. The second kappa shape index (κ2) is 8.34. The first-order chi connectivity index (χ1) is 16.0. The van der Waals surface area contributed by atoms with E-state index in [2.05, 4.69) is 39.3 Å². The Balaban J connectivity index is 1.42. The molecule has 33 heavy (non-hydrogen) atoms. The minimum absolute atomic E-state index is 0.0433. The molecule has 1 saturated heterocycles. The van der Waals surface area contributed by atoms with Crippen LogP contribution in [0.15, 0.2) is 67.1 Å². The number of hydrogen-bond donors (Lipinski definition) is 1. The summed E-state index contributed by atoms with van der Waals surface area (Å²) in [4.78, 5) is 41.1. The minimum atomic E-state index is -0.305. The van der Waals surface area contributed by atoms with Crippen LogP contribution in [-0.4, -0.2) is 49.4 Å². The summed E-state index contributed by atoms with van der Waals surface area (Å²) < 4.78 is 1.85. The zero-order chi connectivity index (χ0) is 22.9. The molecule has 2 aromatic carbocycles. The van der Waals surface area contributed by atoms with E-state index in [-0.39, 0.29) is 24.5 Å². The third-order valence-corrected chi connectivity index (χ3v) is 5.74. The molecule has 1 N–H and O–H groups in total. The van der Waals surface area contributed by atoms with Gasteiger partial charge in [0.2, 0.25) is 5.95 Å². The molecular formula is C24H23N7O2. The highest BCUT2D eigenvalue weighted by Crippen LogP contribution is 2.27. The fourth-order valence-corrected chi connectivity index (χ4v) is 3.95. The first-order valence-corrected chi connectivity index (χ1v) is 10.8. The number of carbonyl (C=O) groups is 2. The second-order valence-corrected chi connectivity index (χ2v) is 7.83. The fourth-order valence-electron chi connectivity index (χ4n) is 3.95. The molecule has 3 amide bonds. The number of nitrogens with zero attached hydrogens (tertiary/aromatic N) is 6. The van der Waals surface area contributed by atoms with Gasteiger partial charge < -0.3 is 10.2 Å². The Labute approximate surface area is 190 Å². The lowest BCUT2D eigenvalue weighted by atomic mass is 10.1. The summed E-state index contributed by atoms with van der Waals surface area (Å²) in [6, 6.07) is 17.0. The zero-order valence-corrected chi connectivity index (χ0v) is 18.3. The van der Waals surface area contributed by atoms with Crippen molar-refractivity contribution in [3.8, 4) is 5.82 Å². The number of imidazole rings is 1. The van der Waals surface area contributed by atoms with Gasteiger partial charge in [-0.25, -0.2) is 19.7 Å². The van der Waals surface area contributed by atoms with E-state index in [0.29, 0.717) is 29.5 Å². The molecule has 1 fully saturated rings. The summed E-state index contributed by atoms with van der Waals surface area (Å²) in [5, 5.41) is 3.33. The molecule has 0 spiro atoms. The van der Waals surface area contributed by atoms with E-state index < -0.39 is 0 Å². The highest BCUT2D eigenvalue weighted by Gasteiger charge is 2.36. The molecule has 0 radical (unpaired) electrons. The third kappa shape index (κ3) is 3.78. The van der Waals surface area contributed by atoms with Crippen molar-refractivity contribution in [2.45, 2.75) is 19.9 Å². The van der Waals surface area contributed by atoms with E-state index in [1.54, 1.807) is 30.7 Å². The molecule has 0 bridgehead atoms. The van der Waals surface area contributed by atoms with Crippen molar-refractivity contribution in [2.75, 3.05) is 23.3 Å². The predicted molar refractivity (Wildman–Crippen MR) is 125 cm³/mol. The molecule has 1 aliphatic heterocycles. The molecule has 3 heterocycles. The van der Waals surface area contributed by atoms with Crippen LogP contribution in [-0.2, 0) is 4.79 Å². The Bertz CT molecular complexity index is 1340. The highest BCUT2D eigenvalue weighted by atomic mass is 16.2. The van der Waals surface area contributed by atoms with Crippen LogP contribution in [0.3, 0.4) is 0 Å². The number of nitrogens with one attached hydrogen (secondary N) is 1. The summed E-state index contributed by atoms with van der Waals surface area (Å²) in [7, 11) is 0. The van der Waals surface area contributed by atoms with Gasteiger partial charge >= 0.3 is 6.03 Å². The number of aromatic nitrogens is 4. The normalized spacial score (nSPS) is 14.8. The van der Waals surface area contributed by atoms with Gasteiger partial charge in [-0.2, -0.15) is 4.98 Å². The van der Waals surface area contributed by atoms with Crippen molar-refractivity contribution in [3.05, 3.63) is 72.7 Å². The van der Waals surface area contributed by atoms with Crippen LogP contribution in [0.2, 0.25) is 0 Å². The molecule has 4 aromatic rings. The van der Waals surface area contributed by atoms with Crippen LogP contribution in [0.1, 0.15) is 25.5 Å². The summed E-state index contributed by atoms with van der Waals surface area (Å²) in [5.74, 6) is 0.934. The van der Waals surface area contributed by atoms with Crippen LogP contribution in [0.25, 0.3) is 16.9 Å². The maximum absolute atomic E-state index is 12.5. The number of benzene rings is 2. The number of fused-ring (bicyclic) bond motifs is 1. The highest BCUT2D eigenvalue weighted by molar-refractivity contribution is 6.20. The molecule has 5 rings (SSSR count). The van der Waals surface area contributed by atoms with Gasteiger partial charge in [0.15, 0.2) is 0 Å². The van der Waals surface area contributed by atoms with E-state index in [0.717, 1.165) is 11.1 Å². The Morgan fingerprint density at radius 2 is 1.88 bits per heavy atom. The van der Waals surface area contributed by atoms with E-state index in [1.165, 1.54) is 9.80 Å². The molecule has 0 unspecified atom stereocenters. The number of anilines is 2. The van der Waals surface area contributed by atoms with Crippen LogP contribution in [0, 0.1) is 0 Å². The van der Waals surface area contributed by atoms with Crippen LogP contribution >= 0.6 is 0 Å². The van der Waals surface area contributed by atoms with Gasteiger partial charge in [-0.05, 0) is 43.7 Å². The largest absolute Gasteiger partial charge is 0.348 e. The minimum Gasteiger partial charge on any atom is -0.348 e. The molecule has 2 aromatic heterocycles. The standard InChI is InChI=1S/C24H23N7O2/c1-3-29-14-22(32)31(24(29)33)18-9-10-20-19(13-18)26-15-30(20)21-11-12-25-23(28-21)27-16(2)17-7-5-4-6-8-17/h4-13,15-16H,3,14H2,1-2H3,(H,25,27,28)/t16-/m0/s1. The van der Waals surface area contributed by atoms with E-state index in [4.69, 9.17) is 0 Å². The van der Waals surface area contributed by atoms with Crippen molar-refractivity contribution in [2.24, 2.45) is 0 Å². The number of urea groups is 1. The number of carbonyl (C=O) groups excluding carboxylic acids is 2. The summed E-state index contributed by atoms with van der Waals surface area (Å²) in [6.45, 7) is 4.50. The van der Waals surface area contributed by atoms with E-state index >= 15 is 0 Å². The van der Waals surface area contributed by atoms with Crippen molar-refractivity contribution in [1.82, 2.24) is 24.4 Å². The van der Waals surface area contributed by atoms with Gasteiger partial charge in [-0.1, -0.05) is 30.3 Å². The number of hydrogen-bond acceptors (Lipinski definition) is 6. The zero-order valence-electron chi connectivity index (χ0n) is 18.3. The van der Waals surface area contributed by atoms with E-state index in [9.17, 15) is 9.59 Å². The third-order valence-electron chi connectivity index (χ3n) is 5.74. The van der Waals surface area contributed by atoms with Gasteiger partial charge in [0.25, 0.3) is 5.91 Å². The quantitative estimate of drug-likeness (QED) is 0.458. The average Bonchev–Trinajstić information content (AvgIpc) is 3.39. The molecule has 1 aliphatic rings. The second-order valence-electron chi connectivity index (χ2n) is 7.83. The Kier molecular flexibility index (Phi) is 5.21. The Morgan fingerprint density at radius 3 is 2.64 bits per heavy atom. The first-order valence-electron chi connectivity index (χ1n) is 10.8.